The summed E-state index contributed by atoms with van der Waals surface area (Å²) in [5.41, 5.74) is 1.41. The maximum atomic E-state index is 6.19. The summed E-state index contributed by atoms with van der Waals surface area (Å²) in [6.45, 7) is 6.25. The molecule has 3 aliphatic rings. The van der Waals surface area contributed by atoms with Crippen molar-refractivity contribution in [2.24, 2.45) is 0 Å². The van der Waals surface area contributed by atoms with Gasteiger partial charge in [-0.15, -0.1) is 0 Å². The van der Waals surface area contributed by atoms with Crippen molar-refractivity contribution in [3.63, 3.8) is 0 Å². The van der Waals surface area contributed by atoms with E-state index in [1.165, 1.54) is 63.4 Å². The second-order valence-corrected chi connectivity index (χ2v) is 12.0. The fourth-order valence-corrected chi connectivity index (χ4v) is 6.63. The van der Waals surface area contributed by atoms with Gasteiger partial charge in [-0.3, -0.25) is 0 Å². The van der Waals surface area contributed by atoms with Crippen LogP contribution in [-0.4, -0.2) is 47.3 Å². The van der Waals surface area contributed by atoms with Gasteiger partial charge in [-0.1, -0.05) is 43.0 Å². The molecule has 37 heavy (non-hydrogen) atoms. The van der Waals surface area contributed by atoms with E-state index < -0.39 is 0 Å². The molecule has 3 heterocycles. The normalized spacial score (nSPS) is 21.9. The number of anilines is 3. The average molecular weight is 541 g/mol. The monoisotopic (exact) mass is 540 g/mol. The van der Waals surface area contributed by atoms with Crippen LogP contribution >= 0.6 is 23.8 Å². The number of thiocarbonyl (C=S) groups is 1. The lowest BCUT2D eigenvalue weighted by Gasteiger charge is -2.38. The molecule has 0 unspecified atom stereocenters. The molecule has 1 aromatic carbocycles. The summed E-state index contributed by atoms with van der Waals surface area (Å²) in [6.07, 6.45) is 13.5. The van der Waals surface area contributed by atoms with E-state index in [0.717, 1.165) is 55.7 Å². The summed E-state index contributed by atoms with van der Waals surface area (Å²) < 4.78 is 0. The Hall–Kier alpha value is -2.12. The highest BCUT2D eigenvalue weighted by Crippen LogP contribution is 2.39. The number of piperidine rings is 2. The van der Waals surface area contributed by atoms with Crippen molar-refractivity contribution < 1.29 is 0 Å². The van der Waals surface area contributed by atoms with Crippen molar-refractivity contribution in [3.8, 4) is 0 Å². The number of halogens is 1. The van der Waals surface area contributed by atoms with Crippen molar-refractivity contribution in [2.45, 2.75) is 89.0 Å². The molecule has 2 aromatic rings. The fourth-order valence-electron chi connectivity index (χ4n) is 6.34. The Kier molecular flexibility index (Phi) is 8.71. The molecule has 0 bridgehead atoms. The van der Waals surface area contributed by atoms with E-state index in [4.69, 9.17) is 33.8 Å². The number of hydrogen-bond donors (Lipinski definition) is 2. The summed E-state index contributed by atoms with van der Waals surface area (Å²) >= 11 is 12.0. The van der Waals surface area contributed by atoms with E-state index >= 15 is 0 Å². The first kappa shape index (κ1) is 26.5. The number of nitrogens with zero attached hydrogens (tertiary/aromatic N) is 4. The van der Waals surface area contributed by atoms with E-state index in [-0.39, 0.29) is 5.41 Å². The maximum Gasteiger partial charge on any atom is 0.232 e. The van der Waals surface area contributed by atoms with Crippen LogP contribution in [0.25, 0.3) is 0 Å². The Bertz CT molecular complexity index is 1050. The predicted molar refractivity (Wildman–Crippen MR) is 159 cm³/mol. The van der Waals surface area contributed by atoms with Crippen molar-refractivity contribution >= 4 is 46.5 Å². The van der Waals surface area contributed by atoms with Crippen LogP contribution in [0, 0.1) is 0 Å². The third-order valence-electron chi connectivity index (χ3n) is 8.56. The molecular weight excluding hydrogens is 500 g/mol. The zero-order chi connectivity index (χ0) is 25.7. The molecule has 3 fully saturated rings. The fraction of sp³-hybridized carbons (Fsp3) is 0.621. The minimum atomic E-state index is 0.0689. The van der Waals surface area contributed by atoms with Crippen molar-refractivity contribution in [2.75, 3.05) is 41.3 Å². The molecule has 2 aliphatic heterocycles. The van der Waals surface area contributed by atoms with Gasteiger partial charge in [0, 0.05) is 48.7 Å². The van der Waals surface area contributed by atoms with E-state index in [2.05, 4.69) is 45.6 Å². The highest BCUT2D eigenvalue weighted by Gasteiger charge is 2.34. The summed E-state index contributed by atoms with van der Waals surface area (Å²) in [6, 6.07) is 11.1. The first-order chi connectivity index (χ1) is 18.0. The summed E-state index contributed by atoms with van der Waals surface area (Å²) in [4.78, 5) is 14.7. The predicted octanol–water partition coefficient (Wildman–Crippen LogP) is 6.69. The standard InChI is InChI=1S/C29H41ClN6S/c1-22-10-4-9-19-36(22)26-20-25(35-17-7-3-8-18-35)32-27(33-26)34-28(37)31-21-29(15-5-2-6-16-29)23-11-13-24(30)14-12-23/h11-14,20,22H,2-10,15-19,21H2,1H3,(H2,31,32,33,34,37)/t22-/m1/s1. The van der Waals surface area contributed by atoms with Gasteiger partial charge < -0.3 is 20.4 Å². The molecule has 1 aromatic heterocycles. The Morgan fingerprint density at radius 3 is 2.35 bits per heavy atom. The van der Waals surface area contributed by atoms with E-state index in [0.29, 0.717) is 17.1 Å². The van der Waals surface area contributed by atoms with Crippen LogP contribution in [-0.2, 0) is 5.41 Å². The minimum Gasteiger partial charge on any atom is -0.361 e. The minimum absolute atomic E-state index is 0.0689. The molecule has 0 amide bonds. The van der Waals surface area contributed by atoms with Gasteiger partial charge in [0.05, 0.1) is 0 Å². The first-order valence-electron chi connectivity index (χ1n) is 14.2. The van der Waals surface area contributed by atoms with Gasteiger partial charge in [0.1, 0.15) is 11.6 Å². The Morgan fingerprint density at radius 1 is 0.946 bits per heavy atom. The molecule has 2 saturated heterocycles. The average Bonchev–Trinajstić information content (AvgIpc) is 2.93. The Balaban J connectivity index is 1.33. The first-order valence-corrected chi connectivity index (χ1v) is 15.0. The largest absolute Gasteiger partial charge is 0.361 e. The van der Waals surface area contributed by atoms with E-state index in [1.54, 1.807) is 0 Å². The van der Waals surface area contributed by atoms with Crippen molar-refractivity contribution in [1.29, 1.82) is 0 Å². The molecule has 1 aliphatic carbocycles. The topological polar surface area (TPSA) is 56.3 Å². The molecule has 2 N–H and O–H groups in total. The molecule has 1 saturated carbocycles. The molecular formula is C29H41ClN6S. The Morgan fingerprint density at radius 2 is 1.62 bits per heavy atom. The molecule has 0 radical (unpaired) electrons. The second-order valence-electron chi connectivity index (χ2n) is 11.1. The second kappa shape index (κ2) is 12.2. The van der Waals surface area contributed by atoms with E-state index in [1.807, 2.05) is 12.1 Å². The number of nitrogens with one attached hydrogen (secondary N) is 2. The third kappa shape index (κ3) is 6.48. The number of benzene rings is 1. The lowest BCUT2D eigenvalue weighted by atomic mass is 9.69. The molecule has 0 spiro atoms. The molecule has 6 nitrogen and oxygen atoms in total. The van der Waals surface area contributed by atoms with E-state index in [9.17, 15) is 0 Å². The zero-order valence-electron chi connectivity index (χ0n) is 22.1. The number of aromatic nitrogens is 2. The lowest BCUT2D eigenvalue weighted by molar-refractivity contribution is 0.292. The van der Waals surface area contributed by atoms with Crippen LogP contribution in [0.2, 0.25) is 5.02 Å². The summed E-state index contributed by atoms with van der Waals surface area (Å²) in [5, 5.41) is 8.27. The van der Waals surface area contributed by atoms with Crippen molar-refractivity contribution in [1.82, 2.24) is 15.3 Å². The summed E-state index contributed by atoms with van der Waals surface area (Å²) in [7, 11) is 0. The van der Waals surface area contributed by atoms with Gasteiger partial charge >= 0.3 is 0 Å². The molecule has 200 valence electrons. The van der Waals surface area contributed by atoms with Gasteiger partial charge in [0.25, 0.3) is 0 Å². The van der Waals surface area contributed by atoms with Crippen LogP contribution in [0.5, 0.6) is 0 Å². The molecule has 8 heteroatoms. The van der Waals surface area contributed by atoms with Gasteiger partial charge in [0.15, 0.2) is 5.11 Å². The highest BCUT2D eigenvalue weighted by molar-refractivity contribution is 7.80. The van der Waals surface area contributed by atoms with Crippen LogP contribution in [0.3, 0.4) is 0 Å². The number of hydrogen-bond acceptors (Lipinski definition) is 5. The highest BCUT2D eigenvalue weighted by atomic mass is 35.5. The molecule has 1 atom stereocenters. The summed E-state index contributed by atoms with van der Waals surface area (Å²) in [5.74, 6) is 2.62. The zero-order valence-corrected chi connectivity index (χ0v) is 23.7. The SMILES string of the molecule is C[C@@H]1CCCCN1c1cc(N2CCCCC2)nc(NC(=S)NCC2(c3ccc(Cl)cc3)CCCCC2)n1. The lowest BCUT2D eigenvalue weighted by Crippen LogP contribution is -2.44. The van der Waals surface area contributed by atoms with Crippen LogP contribution in [0.1, 0.15) is 83.1 Å². The smallest absolute Gasteiger partial charge is 0.232 e. The number of rotatable bonds is 6. The third-order valence-corrected chi connectivity index (χ3v) is 9.05. The van der Waals surface area contributed by atoms with Gasteiger partial charge in [-0.2, -0.15) is 9.97 Å². The van der Waals surface area contributed by atoms with Crippen LogP contribution in [0.15, 0.2) is 30.3 Å². The van der Waals surface area contributed by atoms with Crippen molar-refractivity contribution in [3.05, 3.63) is 40.9 Å². The quantitative estimate of drug-likeness (QED) is 0.396. The molecule has 5 rings (SSSR count). The van der Waals surface area contributed by atoms with Gasteiger partial charge in [-0.05, 0) is 88.2 Å². The Labute approximate surface area is 232 Å². The van der Waals surface area contributed by atoms with Crippen LogP contribution < -0.4 is 20.4 Å². The van der Waals surface area contributed by atoms with Gasteiger partial charge in [-0.25, -0.2) is 0 Å². The van der Waals surface area contributed by atoms with Crippen LogP contribution in [0.4, 0.5) is 17.6 Å². The van der Waals surface area contributed by atoms with Gasteiger partial charge in [0.2, 0.25) is 5.95 Å². The maximum absolute atomic E-state index is 6.19.